The Bertz CT molecular complexity index is 1420. The van der Waals surface area contributed by atoms with Crippen LogP contribution in [-0.4, -0.2) is 84.1 Å². The average Bonchev–Trinajstić information content (AvgIpc) is 3.48. The Balaban J connectivity index is 1.54. The minimum absolute atomic E-state index is 0.0646. The Hall–Kier alpha value is -2.87. The summed E-state index contributed by atoms with van der Waals surface area (Å²) in [5, 5.41) is 14.9. The molecule has 4 heterocycles. The lowest BCUT2D eigenvalue weighted by Gasteiger charge is -2.38. The van der Waals surface area contributed by atoms with Gasteiger partial charge in [-0.25, -0.2) is 17.8 Å². The minimum Gasteiger partial charge on any atom is -0.377 e. The third-order valence-electron chi connectivity index (χ3n) is 6.34. The largest absolute Gasteiger partial charge is 0.377 e. The second-order valence-corrected chi connectivity index (χ2v) is 12.4. The molecule has 0 atom stereocenters. The van der Waals surface area contributed by atoms with E-state index in [9.17, 15) is 13.2 Å². The first-order valence-electron chi connectivity index (χ1n) is 11.7. The fraction of sp³-hybridized carbons (Fsp3) is 0.478. The highest BCUT2D eigenvalue weighted by Crippen LogP contribution is 2.33. The van der Waals surface area contributed by atoms with Crippen LogP contribution in [0.15, 0.2) is 29.8 Å². The lowest BCUT2D eigenvalue weighted by atomic mass is 10.0. The number of fused-ring (bicyclic) bond motifs is 1. The van der Waals surface area contributed by atoms with Crippen molar-refractivity contribution < 1.29 is 17.9 Å². The van der Waals surface area contributed by atoms with Gasteiger partial charge in [-0.1, -0.05) is 31.8 Å². The highest BCUT2D eigenvalue weighted by Gasteiger charge is 2.38. The first kappa shape index (κ1) is 24.8. The van der Waals surface area contributed by atoms with Crippen molar-refractivity contribution in [2.45, 2.75) is 31.2 Å². The number of nitrogens with one attached hydrogen (secondary N) is 1. The molecule has 5 rings (SSSR count). The van der Waals surface area contributed by atoms with Gasteiger partial charge in [0.2, 0.25) is 21.1 Å². The van der Waals surface area contributed by atoms with Crippen LogP contribution in [0, 0.1) is 5.92 Å². The lowest BCUT2D eigenvalue weighted by Crippen LogP contribution is -2.59. The van der Waals surface area contributed by atoms with Gasteiger partial charge in [-0.3, -0.25) is 4.79 Å². The van der Waals surface area contributed by atoms with Crippen LogP contribution >= 0.6 is 11.3 Å². The summed E-state index contributed by atoms with van der Waals surface area (Å²) in [6.07, 6.45) is 3.46. The van der Waals surface area contributed by atoms with Crippen molar-refractivity contribution in [2.75, 3.05) is 44.3 Å². The van der Waals surface area contributed by atoms with E-state index in [0.717, 1.165) is 11.1 Å². The topological polar surface area (TPSA) is 123 Å². The van der Waals surface area contributed by atoms with Gasteiger partial charge in [-0.15, -0.1) is 10.2 Å². The van der Waals surface area contributed by atoms with E-state index in [1.54, 1.807) is 22.9 Å². The van der Waals surface area contributed by atoms with Crippen LogP contribution in [0.4, 0.5) is 5.69 Å². The summed E-state index contributed by atoms with van der Waals surface area (Å²) < 4.78 is 36.3. The van der Waals surface area contributed by atoms with E-state index in [4.69, 9.17) is 4.74 Å². The number of aromatic nitrogens is 4. The van der Waals surface area contributed by atoms with E-state index in [2.05, 4.69) is 31.5 Å². The molecule has 2 saturated heterocycles. The zero-order chi connectivity index (χ0) is 25.7. The summed E-state index contributed by atoms with van der Waals surface area (Å²) in [6.45, 7) is 12.3. The molecule has 1 N–H and O–H groups in total. The summed E-state index contributed by atoms with van der Waals surface area (Å²) in [7, 11) is -3.83. The van der Waals surface area contributed by atoms with Crippen LogP contribution in [0.1, 0.15) is 25.8 Å². The Kier molecular flexibility index (Phi) is 6.35. The lowest BCUT2D eigenvalue weighted by molar-refractivity contribution is -0.134. The van der Waals surface area contributed by atoms with Crippen molar-refractivity contribution in [3.63, 3.8) is 0 Å². The molecule has 13 heteroatoms. The fourth-order valence-corrected chi connectivity index (χ4v) is 6.42. The Morgan fingerprint density at radius 2 is 1.94 bits per heavy atom. The van der Waals surface area contributed by atoms with E-state index in [0.29, 0.717) is 55.0 Å². The monoisotopic (exact) mass is 531 g/mol. The van der Waals surface area contributed by atoms with Crippen molar-refractivity contribution in [2.24, 2.45) is 5.92 Å². The molecule has 0 bridgehead atoms. The van der Waals surface area contributed by atoms with Gasteiger partial charge in [0, 0.05) is 49.4 Å². The van der Waals surface area contributed by atoms with Gasteiger partial charge < -0.3 is 14.5 Å². The Morgan fingerprint density at radius 1 is 1.22 bits per heavy atom. The van der Waals surface area contributed by atoms with E-state index in [1.165, 1.54) is 11.3 Å². The molecule has 3 aromatic rings. The number of hydrogen-bond acceptors (Lipinski definition) is 9. The molecule has 2 aliphatic heterocycles. The van der Waals surface area contributed by atoms with Gasteiger partial charge in [-0.05, 0) is 25.1 Å². The number of ether oxygens (including phenoxy) is 1. The molecule has 2 fully saturated rings. The Morgan fingerprint density at radius 3 is 2.53 bits per heavy atom. The van der Waals surface area contributed by atoms with E-state index >= 15 is 0 Å². The SMILES string of the molecule is C=Cc1nnc(-n2cc3c(N4CCN(C(=O)C(C)C)CC4)cc(S(=O)(=O)NC4(C)COC4)cc3n2)s1. The zero-order valence-corrected chi connectivity index (χ0v) is 22.1. The number of benzene rings is 1. The van der Waals surface area contributed by atoms with E-state index < -0.39 is 15.6 Å². The standard InChI is InChI=1S/C23H29N7O4S2/c1-5-20-24-25-22(35-20)30-12-17-18(26-30)10-16(36(32,33)27-23(4)13-34-14-23)11-19(17)28-6-8-29(9-7-28)21(31)15(2)3/h5,10-12,15,27H,1,6-9,13-14H2,2-4H3. The normalized spacial score (nSPS) is 18.0. The number of carbonyl (C=O) groups is 1. The molecule has 2 aromatic heterocycles. The van der Waals surface area contributed by atoms with Gasteiger partial charge in [-0.2, -0.15) is 5.10 Å². The molecule has 0 unspecified atom stereocenters. The predicted octanol–water partition coefficient (Wildman–Crippen LogP) is 1.89. The molecule has 2 aliphatic rings. The third kappa shape index (κ3) is 4.63. The number of piperazine rings is 1. The third-order valence-corrected chi connectivity index (χ3v) is 8.86. The highest BCUT2D eigenvalue weighted by molar-refractivity contribution is 7.89. The fourth-order valence-electron chi connectivity index (χ4n) is 4.38. The van der Waals surface area contributed by atoms with Crippen molar-refractivity contribution in [3.8, 4) is 5.13 Å². The van der Waals surface area contributed by atoms with Crippen molar-refractivity contribution in [3.05, 3.63) is 29.9 Å². The van der Waals surface area contributed by atoms with Crippen molar-refractivity contribution >= 4 is 49.9 Å². The first-order chi connectivity index (χ1) is 17.1. The minimum atomic E-state index is -3.83. The summed E-state index contributed by atoms with van der Waals surface area (Å²) in [4.78, 5) is 16.6. The highest BCUT2D eigenvalue weighted by atomic mass is 32.2. The van der Waals surface area contributed by atoms with Crippen LogP contribution in [-0.2, 0) is 19.6 Å². The molecular formula is C23H29N7O4S2. The maximum absolute atomic E-state index is 13.4. The number of amides is 1. The number of carbonyl (C=O) groups excluding carboxylic acids is 1. The number of rotatable bonds is 7. The maximum Gasteiger partial charge on any atom is 0.241 e. The number of nitrogens with zero attached hydrogens (tertiary/aromatic N) is 6. The maximum atomic E-state index is 13.4. The smallest absolute Gasteiger partial charge is 0.241 e. The van der Waals surface area contributed by atoms with Gasteiger partial charge >= 0.3 is 0 Å². The van der Waals surface area contributed by atoms with Crippen LogP contribution in [0.2, 0.25) is 0 Å². The van der Waals surface area contributed by atoms with Crippen LogP contribution in [0.25, 0.3) is 22.1 Å². The second kappa shape index (κ2) is 9.21. The predicted molar refractivity (Wildman–Crippen MR) is 138 cm³/mol. The molecule has 36 heavy (non-hydrogen) atoms. The Labute approximate surface area is 213 Å². The van der Waals surface area contributed by atoms with Crippen LogP contribution in [0.3, 0.4) is 0 Å². The zero-order valence-electron chi connectivity index (χ0n) is 20.5. The van der Waals surface area contributed by atoms with E-state index in [1.807, 2.05) is 31.9 Å². The molecule has 0 radical (unpaired) electrons. The molecule has 1 amide bonds. The summed E-state index contributed by atoms with van der Waals surface area (Å²) in [6, 6.07) is 3.27. The molecule has 0 saturated carbocycles. The average molecular weight is 532 g/mol. The molecule has 1 aromatic carbocycles. The van der Waals surface area contributed by atoms with Gasteiger partial charge in [0.15, 0.2) is 0 Å². The van der Waals surface area contributed by atoms with E-state index in [-0.39, 0.29) is 16.7 Å². The van der Waals surface area contributed by atoms with Crippen LogP contribution < -0.4 is 9.62 Å². The van der Waals surface area contributed by atoms with Gasteiger partial charge in [0.05, 0.1) is 29.2 Å². The molecule has 0 aliphatic carbocycles. The van der Waals surface area contributed by atoms with Crippen LogP contribution in [0.5, 0.6) is 0 Å². The summed E-state index contributed by atoms with van der Waals surface area (Å²) in [5.74, 6) is 0.0589. The second-order valence-electron chi connectivity index (χ2n) is 9.70. The summed E-state index contributed by atoms with van der Waals surface area (Å²) in [5.41, 5.74) is 0.641. The molecule has 11 nitrogen and oxygen atoms in total. The number of sulfonamides is 1. The number of hydrogen-bond donors (Lipinski definition) is 1. The van der Waals surface area contributed by atoms with Crippen molar-refractivity contribution in [1.82, 2.24) is 29.6 Å². The molecular weight excluding hydrogens is 502 g/mol. The van der Waals surface area contributed by atoms with Crippen molar-refractivity contribution in [1.29, 1.82) is 0 Å². The quantitative estimate of drug-likeness (QED) is 0.491. The number of anilines is 1. The first-order valence-corrected chi connectivity index (χ1v) is 14.0. The van der Waals surface area contributed by atoms with Gasteiger partial charge in [0.25, 0.3) is 0 Å². The summed E-state index contributed by atoms with van der Waals surface area (Å²) >= 11 is 1.33. The molecule has 0 spiro atoms. The molecule has 192 valence electrons. The van der Waals surface area contributed by atoms with Gasteiger partial charge in [0.1, 0.15) is 5.01 Å².